The Hall–Kier alpha value is -1.55. The average molecular weight is 248 g/mol. The lowest BCUT2D eigenvalue weighted by atomic mass is 10.1. The summed E-state index contributed by atoms with van der Waals surface area (Å²) in [6.45, 7) is 4.28. The summed E-state index contributed by atoms with van der Waals surface area (Å²) in [7, 11) is 1.40. The van der Waals surface area contributed by atoms with Crippen LogP contribution in [0.25, 0.3) is 0 Å². The number of hydrogen-bond donors (Lipinski definition) is 1. The van der Waals surface area contributed by atoms with Crippen molar-refractivity contribution in [1.82, 2.24) is 5.32 Å². The maximum atomic E-state index is 11.4. The van der Waals surface area contributed by atoms with E-state index in [1.807, 2.05) is 24.3 Å². The van der Waals surface area contributed by atoms with Gasteiger partial charge in [-0.1, -0.05) is 0 Å². The van der Waals surface area contributed by atoms with Crippen LogP contribution in [0.15, 0.2) is 24.3 Å². The molecule has 98 valence electrons. The van der Waals surface area contributed by atoms with E-state index in [9.17, 15) is 4.79 Å². The van der Waals surface area contributed by atoms with Crippen molar-refractivity contribution in [3.63, 3.8) is 0 Å². The van der Waals surface area contributed by atoms with E-state index in [4.69, 9.17) is 4.74 Å². The van der Waals surface area contributed by atoms with Crippen molar-refractivity contribution < 1.29 is 9.53 Å². The van der Waals surface area contributed by atoms with E-state index in [0.29, 0.717) is 5.56 Å². The SMILES string of the molecule is COC(=O)c1ccc(N2CCCNCCC2)cc1. The van der Waals surface area contributed by atoms with Crippen LogP contribution in [0.1, 0.15) is 23.2 Å². The number of nitrogens with one attached hydrogen (secondary N) is 1. The third-order valence-electron chi connectivity index (χ3n) is 3.22. The van der Waals surface area contributed by atoms with Gasteiger partial charge < -0.3 is 15.0 Å². The number of ether oxygens (including phenoxy) is 1. The first-order valence-corrected chi connectivity index (χ1v) is 6.45. The van der Waals surface area contributed by atoms with Crippen LogP contribution >= 0.6 is 0 Å². The van der Waals surface area contributed by atoms with Crippen molar-refractivity contribution in [3.05, 3.63) is 29.8 Å². The molecular formula is C14H20N2O2. The number of esters is 1. The van der Waals surface area contributed by atoms with Crippen molar-refractivity contribution in [3.8, 4) is 0 Å². The minimum absolute atomic E-state index is 0.279. The van der Waals surface area contributed by atoms with E-state index >= 15 is 0 Å². The summed E-state index contributed by atoms with van der Waals surface area (Å²) in [5.41, 5.74) is 1.79. The van der Waals surface area contributed by atoms with Crippen molar-refractivity contribution in [2.75, 3.05) is 38.2 Å². The largest absolute Gasteiger partial charge is 0.465 e. The molecule has 1 aliphatic rings. The number of carbonyl (C=O) groups excluding carboxylic acids is 1. The van der Waals surface area contributed by atoms with Gasteiger partial charge in [0.05, 0.1) is 12.7 Å². The zero-order chi connectivity index (χ0) is 12.8. The van der Waals surface area contributed by atoms with E-state index in [1.54, 1.807) is 0 Å². The highest BCUT2D eigenvalue weighted by Crippen LogP contribution is 2.17. The molecule has 0 spiro atoms. The summed E-state index contributed by atoms with van der Waals surface area (Å²) >= 11 is 0. The number of nitrogens with zero attached hydrogens (tertiary/aromatic N) is 1. The van der Waals surface area contributed by atoms with Gasteiger partial charge in [-0.15, -0.1) is 0 Å². The Labute approximate surface area is 108 Å². The minimum Gasteiger partial charge on any atom is -0.465 e. The molecule has 0 amide bonds. The third-order valence-corrected chi connectivity index (χ3v) is 3.22. The summed E-state index contributed by atoms with van der Waals surface area (Å²) in [5.74, 6) is -0.279. The number of rotatable bonds is 2. The zero-order valence-corrected chi connectivity index (χ0v) is 10.8. The first-order valence-electron chi connectivity index (χ1n) is 6.45. The Kier molecular flexibility index (Phi) is 4.59. The second-order valence-electron chi connectivity index (χ2n) is 4.48. The predicted octanol–water partition coefficient (Wildman–Crippen LogP) is 1.66. The lowest BCUT2D eigenvalue weighted by Crippen LogP contribution is -2.33. The quantitative estimate of drug-likeness (QED) is 0.808. The summed E-state index contributed by atoms with van der Waals surface area (Å²) in [6.07, 6.45) is 2.30. The lowest BCUT2D eigenvalue weighted by molar-refractivity contribution is 0.0601. The molecule has 0 unspecified atom stereocenters. The third kappa shape index (κ3) is 3.23. The minimum atomic E-state index is -0.279. The fraction of sp³-hybridized carbons (Fsp3) is 0.500. The summed E-state index contributed by atoms with van der Waals surface area (Å²) in [4.78, 5) is 13.7. The molecule has 1 fully saturated rings. The van der Waals surface area contributed by atoms with Gasteiger partial charge in [0, 0.05) is 18.8 Å². The van der Waals surface area contributed by atoms with Crippen LogP contribution in [0.3, 0.4) is 0 Å². The first kappa shape index (κ1) is 12.9. The van der Waals surface area contributed by atoms with Crippen LogP contribution < -0.4 is 10.2 Å². The van der Waals surface area contributed by atoms with Crippen molar-refractivity contribution in [2.45, 2.75) is 12.8 Å². The van der Waals surface area contributed by atoms with Gasteiger partial charge in [0.25, 0.3) is 0 Å². The molecule has 0 aromatic heterocycles. The second kappa shape index (κ2) is 6.40. The molecule has 0 atom stereocenters. The molecular weight excluding hydrogens is 228 g/mol. The molecule has 4 nitrogen and oxygen atoms in total. The molecule has 1 saturated heterocycles. The molecule has 4 heteroatoms. The van der Waals surface area contributed by atoms with Gasteiger partial charge in [0.2, 0.25) is 0 Å². The average Bonchev–Trinajstić information content (AvgIpc) is 2.38. The highest BCUT2D eigenvalue weighted by Gasteiger charge is 2.10. The molecule has 0 saturated carbocycles. The smallest absolute Gasteiger partial charge is 0.337 e. The van der Waals surface area contributed by atoms with Gasteiger partial charge in [-0.05, 0) is 50.2 Å². The Balaban J connectivity index is 2.05. The zero-order valence-electron chi connectivity index (χ0n) is 10.8. The summed E-state index contributed by atoms with van der Waals surface area (Å²) < 4.78 is 4.70. The van der Waals surface area contributed by atoms with Gasteiger partial charge in [-0.2, -0.15) is 0 Å². The molecule has 0 aliphatic carbocycles. The summed E-state index contributed by atoms with van der Waals surface area (Å²) in [6, 6.07) is 7.67. The molecule has 0 radical (unpaired) electrons. The van der Waals surface area contributed by atoms with Gasteiger partial charge in [0.1, 0.15) is 0 Å². The number of hydrogen-bond acceptors (Lipinski definition) is 4. The van der Waals surface area contributed by atoms with Crippen molar-refractivity contribution in [2.24, 2.45) is 0 Å². The molecule has 2 rings (SSSR count). The van der Waals surface area contributed by atoms with Crippen LogP contribution in [0.2, 0.25) is 0 Å². The summed E-state index contributed by atoms with van der Waals surface area (Å²) in [5, 5.41) is 3.40. The number of anilines is 1. The highest BCUT2D eigenvalue weighted by atomic mass is 16.5. The van der Waals surface area contributed by atoms with Crippen LogP contribution in [-0.4, -0.2) is 39.3 Å². The van der Waals surface area contributed by atoms with Crippen LogP contribution in [-0.2, 0) is 4.74 Å². The number of methoxy groups -OCH3 is 1. The number of carbonyl (C=O) groups is 1. The predicted molar refractivity (Wildman–Crippen MR) is 72.1 cm³/mol. The van der Waals surface area contributed by atoms with Crippen molar-refractivity contribution in [1.29, 1.82) is 0 Å². The second-order valence-corrected chi connectivity index (χ2v) is 4.48. The van der Waals surface area contributed by atoms with Crippen LogP contribution in [0.4, 0.5) is 5.69 Å². The van der Waals surface area contributed by atoms with Crippen LogP contribution in [0, 0.1) is 0 Å². The topological polar surface area (TPSA) is 41.6 Å². The van der Waals surface area contributed by atoms with Crippen LogP contribution in [0.5, 0.6) is 0 Å². The molecule has 0 bridgehead atoms. The Morgan fingerprint density at radius 3 is 2.33 bits per heavy atom. The Morgan fingerprint density at radius 1 is 1.17 bits per heavy atom. The fourth-order valence-electron chi connectivity index (χ4n) is 2.21. The number of benzene rings is 1. The Morgan fingerprint density at radius 2 is 1.78 bits per heavy atom. The molecule has 1 aromatic rings. The molecule has 1 N–H and O–H groups in total. The van der Waals surface area contributed by atoms with Gasteiger partial charge in [-0.3, -0.25) is 0 Å². The standard InChI is InChI=1S/C14H20N2O2/c1-18-14(17)12-4-6-13(7-5-12)16-10-2-8-15-9-3-11-16/h4-7,15H,2-3,8-11H2,1H3. The van der Waals surface area contributed by atoms with Gasteiger partial charge >= 0.3 is 5.97 Å². The molecule has 1 heterocycles. The lowest BCUT2D eigenvalue weighted by Gasteiger charge is -2.27. The maximum absolute atomic E-state index is 11.4. The monoisotopic (exact) mass is 248 g/mol. The normalized spacial score (nSPS) is 16.8. The maximum Gasteiger partial charge on any atom is 0.337 e. The van der Waals surface area contributed by atoms with E-state index in [2.05, 4.69) is 10.2 Å². The van der Waals surface area contributed by atoms with E-state index in [0.717, 1.165) is 39.0 Å². The molecule has 1 aromatic carbocycles. The van der Waals surface area contributed by atoms with Crippen molar-refractivity contribution >= 4 is 11.7 Å². The van der Waals surface area contributed by atoms with E-state index < -0.39 is 0 Å². The highest BCUT2D eigenvalue weighted by molar-refractivity contribution is 5.89. The van der Waals surface area contributed by atoms with Gasteiger partial charge in [-0.25, -0.2) is 4.79 Å². The Bertz CT molecular complexity index is 381. The van der Waals surface area contributed by atoms with Gasteiger partial charge in [0.15, 0.2) is 0 Å². The molecule has 1 aliphatic heterocycles. The first-order chi connectivity index (χ1) is 8.81. The molecule has 18 heavy (non-hydrogen) atoms. The fourth-order valence-corrected chi connectivity index (χ4v) is 2.21. The van der Waals surface area contributed by atoms with E-state index in [-0.39, 0.29) is 5.97 Å². The van der Waals surface area contributed by atoms with E-state index in [1.165, 1.54) is 12.8 Å².